The van der Waals surface area contributed by atoms with E-state index >= 15 is 0 Å². The van der Waals surface area contributed by atoms with Gasteiger partial charge in [-0.2, -0.15) is 0 Å². The molecule has 0 aliphatic heterocycles. The highest BCUT2D eigenvalue weighted by molar-refractivity contribution is 6.87. The van der Waals surface area contributed by atoms with Crippen molar-refractivity contribution in [1.82, 2.24) is 0 Å². The fraction of sp³-hybridized carbons (Fsp3) is 0.172. The second kappa shape index (κ2) is 11.8. The summed E-state index contributed by atoms with van der Waals surface area (Å²) in [5.74, 6) is 3.21. The standard InChI is InChI=1S/C29H32O4Si2/c1-3-34(30-26-17-9-5-10-18-26,31-27-19-11-6-12-20-27)25-35(4-2,32-28-21-13-7-14-22-28)33-29-23-15-8-16-24-29/h5-24H,3-4,25H2,1-2H3. The van der Waals surface area contributed by atoms with Crippen molar-refractivity contribution in [2.24, 2.45) is 0 Å². The number of hydrogen-bond acceptors (Lipinski definition) is 4. The van der Waals surface area contributed by atoms with E-state index in [1.54, 1.807) is 0 Å². The molecule has 4 aromatic carbocycles. The van der Waals surface area contributed by atoms with Gasteiger partial charge in [-0.25, -0.2) is 0 Å². The molecule has 0 aromatic heterocycles. The molecule has 0 bridgehead atoms. The van der Waals surface area contributed by atoms with Gasteiger partial charge in [0.05, 0.1) is 5.67 Å². The normalized spacial score (nSPS) is 11.5. The smallest absolute Gasteiger partial charge is 0.464 e. The van der Waals surface area contributed by atoms with Gasteiger partial charge in [-0.15, -0.1) is 0 Å². The van der Waals surface area contributed by atoms with Crippen LogP contribution in [0.15, 0.2) is 121 Å². The monoisotopic (exact) mass is 500 g/mol. The second-order valence-corrected chi connectivity index (χ2v) is 15.7. The van der Waals surface area contributed by atoms with E-state index in [2.05, 4.69) is 13.8 Å². The third-order valence-corrected chi connectivity index (χ3v) is 14.7. The molecule has 0 aliphatic rings. The molecule has 4 nitrogen and oxygen atoms in total. The van der Waals surface area contributed by atoms with Crippen LogP contribution in [0.4, 0.5) is 0 Å². The molecule has 35 heavy (non-hydrogen) atoms. The lowest BCUT2D eigenvalue weighted by molar-refractivity contribution is 0.354. The van der Waals surface area contributed by atoms with Gasteiger partial charge in [0.2, 0.25) is 0 Å². The Morgan fingerprint density at radius 2 is 0.629 bits per heavy atom. The highest BCUT2D eigenvalue weighted by atomic mass is 28.4. The summed E-state index contributed by atoms with van der Waals surface area (Å²) in [6, 6.07) is 41.2. The SMILES string of the molecule is CC[Si](C[Si](CC)(Oc1ccccc1)Oc1ccccc1)(Oc1ccccc1)Oc1ccccc1. The molecule has 0 amide bonds. The molecule has 0 fully saturated rings. The third-order valence-electron chi connectivity index (χ3n) is 5.80. The summed E-state index contributed by atoms with van der Waals surface area (Å²) >= 11 is 0. The maximum atomic E-state index is 6.78. The van der Waals surface area contributed by atoms with Crippen molar-refractivity contribution in [3.05, 3.63) is 121 Å². The predicted octanol–water partition coefficient (Wildman–Crippen LogP) is 7.77. The van der Waals surface area contributed by atoms with Crippen LogP contribution in [0.1, 0.15) is 13.8 Å². The summed E-state index contributed by atoms with van der Waals surface area (Å²) in [5.41, 5.74) is 0.598. The molecule has 0 spiro atoms. The molecule has 0 N–H and O–H groups in total. The molecular weight excluding hydrogens is 468 g/mol. The van der Waals surface area contributed by atoms with Crippen LogP contribution in [0, 0.1) is 0 Å². The fourth-order valence-electron chi connectivity index (χ4n) is 3.95. The average Bonchev–Trinajstić information content (AvgIpc) is 2.91. The topological polar surface area (TPSA) is 36.9 Å². The van der Waals surface area contributed by atoms with Gasteiger partial charge >= 0.3 is 17.1 Å². The zero-order valence-electron chi connectivity index (χ0n) is 20.3. The first-order chi connectivity index (χ1) is 17.1. The Bertz CT molecular complexity index is 966. The molecular formula is C29H32O4Si2. The van der Waals surface area contributed by atoms with Crippen molar-refractivity contribution in [2.45, 2.75) is 31.6 Å². The Balaban J connectivity index is 1.75. The van der Waals surface area contributed by atoms with Gasteiger partial charge in [0.1, 0.15) is 23.0 Å². The summed E-state index contributed by atoms with van der Waals surface area (Å²) in [6.07, 6.45) is 0. The highest BCUT2D eigenvalue weighted by Crippen LogP contribution is 2.34. The van der Waals surface area contributed by atoms with Crippen LogP contribution >= 0.6 is 0 Å². The Morgan fingerprint density at radius 3 is 0.829 bits per heavy atom. The van der Waals surface area contributed by atoms with Gasteiger partial charge < -0.3 is 17.7 Å². The van der Waals surface area contributed by atoms with Crippen LogP contribution in [-0.2, 0) is 0 Å². The van der Waals surface area contributed by atoms with Crippen LogP contribution in [-0.4, -0.2) is 17.1 Å². The Morgan fingerprint density at radius 1 is 0.400 bits per heavy atom. The maximum Gasteiger partial charge on any atom is 0.464 e. The average molecular weight is 501 g/mol. The van der Waals surface area contributed by atoms with E-state index in [1.807, 2.05) is 121 Å². The summed E-state index contributed by atoms with van der Waals surface area (Å²) in [6.45, 7) is 4.27. The van der Waals surface area contributed by atoms with Crippen LogP contribution in [0.25, 0.3) is 0 Å². The maximum absolute atomic E-state index is 6.78. The van der Waals surface area contributed by atoms with E-state index < -0.39 is 17.1 Å². The fourth-order valence-corrected chi connectivity index (χ4v) is 13.3. The van der Waals surface area contributed by atoms with Crippen molar-refractivity contribution in [3.8, 4) is 23.0 Å². The summed E-state index contributed by atoms with van der Waals surface area (Å²) in [5, 5.41) is 0. The molecule has 0 heterocycles. The molecule has 4 aromatic rings. The first kappa shape index (κ1) is 24.6. The zero-order valence-corrected chi connectivity index (χ0v) is 22.3. The van der Waals surface area contributed by atoms with Gasteiger partial charge in [-0.05, 0) is 48.5 Å². The lowest BCUT2D eigenvalue weighted by Gasteiger charge is -2.38. The molecule has 0 radical (unpaired) electrons. The minimum absolute atomic E-state index is 0.598. The summed E-state index contributed by atoms with van der Waals surface area (Å²) in [7, 11) is -5.81. The van der Waals surface area contributed by atoms with E-state index in [-0.39, 0.29) is 0 Å². The summed E-state index contributed by atoms with van der Waals surface area (Å²) in [4.78, 5) is 0. The number of benzene rings is 4. The van der Waals surface area contributed by atoms with Crippen molar-refractivity contribution >= 4 is 17.1 Å². The minimum atomic E-state index is -2.90. The zero-order chi connectivity index (χ0) is 24.4. The first-order valence-electron chi connectivity index (χ1n) is 12.1. The van der Waals surface area contributed by atoms with E-state index in [0.717, 1.165) is 35.1 Å². The molecule has 4 rings (SSSR count). The van der Waals surface area contributed by atoms with E-state index in [0.29, 0.717) is 5.67 Å². The molecule has 0 unspecified atom stereocenters. The van der Waals surface area contributed by atoms with Crippen LogP contribution in [0.2, 0.25) is 17.8 Å². The Kier molecular flexibility index (Phi) is 8.29. The van der Waals surface area contributed by atoms with E-state index in [9.17, 15) is 0 Å². The molecule has 0 saturated carbocycles. The first-order valence-corrected chi connectivity index (χ1v) is 16.6. The van der Waals surface area contributed by atoms with Crippen molar-refractivity contribution in [2.75, 3.05) is 0 Å². The number of rotatable bonds is 12. The van der Waals surface area contributed by atoms with Gasteiger partial charge in [0.25, 0.3) is 0 Å². The quantitative estimate of drug-likeness (QED) is 0.186. The van der Waals surface area contributed by atoms with Crippen LogP contribution < -0.4 is 17.7 Å². The number of para-hydroxylation sites is 4. The Hall–Kier alpha value is -3.49. The Labute approximate surface area is 210 Å². The van der Waals surface area contributed by atoms with Crippen molar-refractivity contribution in [3.63, 3.8) is 0 Å². The van der Waals surface area contributed by atoms with Gasteiger partial charge in [-0.1, -0.05) is 86.6 Å². The van der Waals surface area contributed by atoms with Crippen LogP contribution in [0.3, 0.4) is 0 Å². The highest BCUT2D eigenvalue weighted by Gasteiger charge is 2.55. The molecule has 0 aliphatic carbocycles. The van der Waals surface area contributed by atoms with E-state index in [1.165, 1.54) is 0 Å². The largest absolute Gasteiger partial charge is 0.512 e. The molecule has 180 valence electrons. The summed E-state index contributed by atoms with van der Waals surface area (Å²) < 4.78 is 27.1. The van der Waals surface area contributed by atoms with Crippen molar-refractivity contribution < 1.29 is 17.7 Å². The third kappa shape index (κ3) is 6.77. The van der Waals surface area contributed by atoms with Gasteiger partial charge in [-0.3, -0.25) is 0 Å². The molecule has 0 saturated heterocycles. The molecule has 6 heteroatoms. The van der Waals surface area contributed by atoms with Crippen LogP contribution in [0.5, 0.6) is 23.0 Å². The van der Waals surface area contributed by atoms with Gasteiger partial charge in [0, 0.05) is 12.1 Å². The van der Waals surface area contributed by atoms with Gasteiger partial charge in [0.15, 0.2) is 0 Å². The molecule has 0 atom stereocenters. The second-order valence-electron chi connectivity index (χ2n) is 8.37. The minimum Gasteiger partial charge on any atom is -0.512 e. The van der Waals surface area contributed by atoms with E-state index in [4.69, 9.17) is 17.7 Å². The lowest BCUT2D eigenvalue weighted by atomic mass is 10.3. The predicted molar refractivity (Wildman–Crippen MR) is 146 cm³/mol. The van der Waals surface area contributed by atoms with Crippen molar-refractivity contribution in [1.29, 1.82) is 0 Å². The lowest BCUT2D eigenvalue weighted by Crippen LogP contribution is -2.60. The number of hydrogen-bond donors (Lipinski definition) is 0.